The Kier molecular flexibility index (Phi) is 3.99. The number of ether oxygens (including phenoxy) is 2. The van der Waals surface area contributed by atoms with Crippen LogP contribution >= 0.6 is 31.9 Å². The van der Waals surface area contributed by atoms with Gasteiger partial charge in [-0.2, -0.15) is 0 Å². The van der Waals surface area contributed by atoms with E-state index in [1.807, 2.05) is 6.08 Å². The Morgan fingerprint density at radius 3 is 2.69 bits per heavy atom. The molecule has 0 amide bonds. The maximum Gasteiger partial charge on any atom is 0.513 e. The average Bonchev–Trinajstić information content (AvgIpc) is 2.09. The molecule has 0 spiro atoms. The molecule has 1 aliphatic rings. The summed E-state index contributed by atoms with van der Waals surface area (Å²) >= 11 is 6.66. The molecule has 0 heterocycles. The Morgan fingerprint density at radius 2 is 2.15 bits per heavy atom. The lowest BCUT2D eigenvalue weighted by Crippen LogP contribution is -2.06. The van der Waals surface area contributed by atoms with Crippen LogP contribution in [0.3, 0.4) is 0 Å². The van der Waals surface area contributed by atoms with E-state index in [0.717, 1.165) is 15.4 Å². The van der Waals surface area contributed by atoms with Gasteiger partial charge in [0.1, 0.15) is 5.76 Å². The monoisotopic (exact) mass is 310 g/mol. The van der Waals surface area contributed by atoms with Gasteiger partial charge in [-0.3, -0.25) is 0 Å². The summed E-state index contributed by atoms with van der Waals surface area (Å²) in [4.78, 5) is 10.8. The summed E-state index contributed by atoms with van der Waals surface area (Å²) in [6.45, 7) is 0. The molecule has 0 fully saturated rings. The largest absolute Gasteiger partial charge is 0.513 e. The second kappa shape index (κ2) is 4.81. The number of halogens is 2. The number of carbonyl (C=O) groups is 1. The number of hydrogen-bond donors (Lipinski definition) is 0. The second-order valence-electron chi connectivity index (χ2n) is 2.42. The van der Waals surface area contributed by atoms with Crippen LogP contribution in [0.1, 0.15) is 12.8 Å². The number of carbonyl (C=O) groups excluding carboxylic acids is 1. The van der Waals surface area contributed by atoms with Gasteiger partial charge in [0.2, 0.25) is 0 Å². The minimum Gasteiger partial charge on any atom is -0.437 e. The van der Waals surface area contributed by atoms with Crippen LogP contribution in [0.15, 0.2) is 20.8 Å². The Morgan fingerprint density at radius 1 is 1.46 bits per heavy atom. The molecule has 0 saturated heterocycles. The van der Waals surface area contributed by atoms with E-state index < -0.39 is 6.16 Å². The number of allylic oxidation sites excluding steroid dienone is 4. The van der Waals surface area contributed by atoms with Crippen molar-refractivity contribution in [1.29, 1.82) is 0 Å². The van der Waals surface area contributed by atoms with Gasteiger partial charge in [-0.05, 0) is 32.9 Å². The number of methoxy groups -OCH3 is 1. The summed E-state index contributed by atoms with van der Waals surface area (Å²) in [7, 11) is 1.28. The fourth-order valence-corrected chi connectivity index (χ4v) is 2.17. The first-order chi connectivity index (χ1) is 6.13. The standard InChI is InChI=1S/C8H8Br2O3/c1-12-8(11)13-7-3-2-5(9)4-6(7)10/h4H,2-3H2,1H3. The lowest BCUT2D eigenvalue weighted by atomic mass is 10.2. The highest BCUT2D eigenvalue weighted by molar-refractivity contribution is 9.12. The molecule has 0 atom stereocenters. The third-order valence-corrected chi connectivity index (χ3v) is 2.81. The van der Waals surface area contributed by atoms with Crippen molar-refractivity contribution in [3.05, 3.63) is 20.8 Å². The molecule has 0 radical (unpaired) electrons. The zero-order chi connectivity index (χ0) is 9.84. The van der Waals surface area contributed by atoms with Crippen molar-refractivity contribution < 1.29 is 14.3 Å². The number of hydrogen-bond acceptors (Lipinski definition) is 3. The van der Waals surface area contributed by atoms with E-state index in [2.05, 4.69) is 36.6 Å². The molecule has 0 aromatic rings. The molecule has 0 unspecified atom stereocenters. The third kappa shape index (κ3) is 3.15. The molecule has 0 aliphatic heterocycles. The lowest BCUT2D eigenvalue weighted by molar-refractivity contribution is 0.0945. The van der Waals surface area contributed by atoms with Gasteiger partial charge in [-0.25, -0.2) is 4.79 Å². The van der Waals surface area contributed by atoms with Gasteiger partial charge >= 0.3 is 6.16 Å². The zero-order valence-corrected chi connectivity index (χ0v) is 10.1. The summed E-state index contributed by atoms with van der Waals surface area (Å²) in [6.07, 6.45) is 2.70. The zero-order valence-electron chi connectivity index (χ0n) is 6.97. The molecular weight excluding hydrogens is 304 g/mol. The predicted octanol–water partition coefficient (Wildman–Crippen LogP) is 3.45. The van der Waals surface area contributed by atoms with Crippen molar-refractivity contribution in [2.45, 2.75) is 12.8 Å². The van der Waals surface area contributed by atoms with Gasteiger partial charge in [0.25, 0.3) is 0 Å². The SMILES string of the molecule is COC(=O)OC1=C(Br)C=C(Br)CC1. The van der Waals surface area contributed by atoms with Crippen molar-refractivity contribution in [2.24, 2.45) is 0 Å². The Bertz CT molecular complexity index is 281. The van der Waals surface area contributed by atoms with Gasteiger partial charge in [0, 0.05) is 6.42 Å². The van der Waals surface area contributed by atoms with E-state index >= 15 is 0 Å². The van der Waals surface area contributed by atoms with Crippen LogP contribution in [-0.4, -0.2) is 13.3 Å². The molecule has 0 aromatic heterocycles. The van der Waals surface area contributed by atoms with Crippen molar-refractivity contribution in [3.63, 3.8) is 0 Å². The Labute approximate surface area is 93.0 Å². The average molecular weight is 312 g/mol. The van der Waals surface area contributed by atoms with Crippen LogP contribution in [0.5, 0.6) is 0 Å². The smallest absolute Gasteiger partial charge is 0.437 e. The normalized spacial score (nSPS) is 16.7. The first kappa shape index (κ1) is 10.8. The van der Waals surface area contributed by atoms with Crippen LogP contribution in [0.25, 0.3) is 0 Å². The summed E-state index contributed by atoms with van der Waals surface area (Å²) in [5.41, 5.74) is 0. The summed E-state index contributed by atoms with van der Waals surface area (Å²) < 4.78 is 11.1. The molecule has 0 aromatic carbocycles. The Balaban J connectivity index is 2.69. The van der Waals surface area contributed by atoms with E-state index in [-0.39, 0.29) is 0 Å². The molecular formula is C8H8Br2O3. The number of rotatable bonds is 1. The van der Waals surface area contributed by atoms with Crippen molar-refractivity contribution in [3.8, 4) is 0 Å². The van der Waals surface area contributed by atoms with E-state index in [4.69, 9.17) is 4.74 Å². The first-order valence-electron chi connectivity index (χ1n) is 3.64. The van der Waals surface area contributed by atoms with Crippen molar-refractivity contribution >= 4 is 38.0 Å². The van der Waals surface area contributed by atoms with Crippen molar-refractivity contribution in [1.82, 2.24) is 0 Å². The van der Waals surface area contributed by atoms with E-state index in [1.165, 1.54) is 7.11 Å². The highest BCUT2D eigenvalue weighted by Crippen LogP contribution is 2.31. The quantitative estimate of drug-likeness (QED) is 0.696. The minimum absolute atomic E-state index is 0.607. The maximum atomic E-state index is 10.8. The van der Waals surface area contributed by atoms with Gasteiger partial charge in [-0.1, -0.05) is 15.9 Å². The summed E-state index contributed by atoms with van der Waals surface area (Å²) in [6, 6.07) is 0. The minimum atomic E-state index is -0.682. The highest BCUT2D eigenvalue weighted by Gasteiger charge is 2.15. The van der Waals surface area contributed by atoms with E-state index in [9.17, 15) is 4.79 Å². The third-order valence-electron chi connectivity index (χ3n) is 1.51. The Hall–Kier alpha value is -0.290. The van der Waals surface area contributed by atoms with Gasteiger partial charge in [0.05, 0.1) is 11.6 Å². The van der Waals surface area contributed by atoms with Crippen LogP contribution in [-0.2, 0) is 9.47 Å². The van der Waals surface area contributed by atoms with Crippen LogP contribution in [0, 0.1) is 0 Å². The topological polar surface area (TPSA) is 35.5 Å². The lowest BCUT2D eigenvalue weighted by Gasteiger charge is -2.13. The van der Waals surface area contributed by atoms with Crippen LogP contribution < -0.4 is 0 Å². The predicted molar refractivity (Wildman–Crippen MR) is 55.7 cm³/mol. The fraction of sp³-hybridized carbons (Fsp3) is 0.375. The molecule has 0 saturated carbocycles. The van der Waals surface area contributed by atoms with Crippen molar-refractivity contribution in [2.75, 3.05) is 7.11 Å². The molecule has 1 rings (SSSR count). The molecule has 5 heteroatoms. The fourth-order valence-electron chi connectivity index (χ4n) is 0.885. The molecule has 0 bridgehead atoms. The maximum absolute atomic E-state index is 10.8. The first-order valence-corrected chi connectivity index (χ1v) is 5.22. The molecule has 13 heavy (non-hydrogen) atoms. The van der Waals surface area contributed by atoms with Gasteiger partial charge in [0.15, 0.2) is 0 Å². The molecule has 1 aliphatic carbocycles. The second-order valence-corrected chi connectivity index (χ2v) is 4.29. The van der Waals surface area contributed by atoms with Crippen LogP contribution in [0.4, 0.5) is 4.79 Å². The summed E-state index contributed by atoms with van der Waals surface area (Å²) in [5, 5.41) is 0. The van der Waals surface area contributed by atoms with E-state index in [0.29, 0.717) is 12.2 Å². The molecule has 72 valence electrons. The van der Waals surface area contributed by atoms with Crippen LogP contribution in [0.2, 0.25) is 0 Å². The molecule has 3 nitrogen and oxygen atoms in total. The van der Waals surface area contributed by atoms with E-state index in [1.54, 1.807) is 0 Å². The van der Waals surface area contributed by atoms with Gasteiger partial charge in [-0.15, -0.1) is 0 Å². The summed E-state index contributed by atoms with van der Waals surface area (Å²) in [5.74, 6) is 0.607. The highest BCUT2D eigenvalue weighted by atomic mass is 79.9. The van der Waals surface area contributed by atoms with Gasteiger partial charge < -0.3 is 9.47 Å². The molecule has 0 N–H and O–H groups in total.